The van der Waals surface area contributed by atoms with Gasteiger partial charge in [-0.1, -0.05) is 93.9 Å². The SMILES string of the molecule is CC.CCC.CCC.CCCCCCCN(C)CC. The van der Waals surface area contributed by atoms with Gasteiger partial charge in [0, 0.05) is 0 Å². The van der Waals surface area contributed by atoms with Crippen LogP contribution in [0, 0.1) is 0 Å². The van der Waals surface area contributed by atoms with Crippen molar-refractivity contribution in [2.24, 2.45) is 0 Å². The zero-order valence-corrected chi connectivity index (χ0v) is 15.8. The number of rotatable bonds is 7. The second-order valence-corrected chi connectivity index (χ2v) is 4.72. The standard InChI is InChI=1S/C10H23N.2C3H8.C2H6/c1-4-6-7-8-9-10-11(3)5-2;2*1-3-2;1-2/h4-10H2,1-3H3;2*3H2,1-2H3;1-2H3. The Morgan fingerprint density at radius 3 is 1.32 bits per heavy atom. The maximum atomic E-state index is 2.38. The first-order chi connectivity index (χ1) is 9.14. The maximum absolute atomic E-state index is 2.38. The largest absolute Gasteiger partial charge is 0.307 e. The lowest BCUT2D eigenvalue weighted by atomic mass is 10.1. The molecule has 0 aromatic heterocycles. The predicted octanol–water partition coefficient (Wildman–Crippen LogP) is 6.77. The lowest BCUT2D eigenvalue weighted by Gasteiger charge is -2.12. The molecule has 0 aromatic rings. The van der Waals surface area contributed by atoms with Gasteiger partial charge in [-0.05, 0) is 26.6 Å². The summed E-state index contributed by atoms with van der Waals surface area (Å²) in [5, 5.41) is 0. The van der Waals surface area contributed by atoms with Crippen molar-refractivity contribution in [1.82, 2.24) is 4.90 Å². The molecule has 0 bridgehead atoms. The van der Waals surface area contributed by atoms with Crippen molar-refractivity contribution in [1.29, 1.82) is 0 Å². The molecule has 0 aliphatic carbocycles. The van der Waals surface area contributed by atoms with E-state index in [-0.39, 0.29) is 0 Å². The average molecular weight is 276 g/mol. The molecule has 0 fully saturated rings. The van der Waals surface area contributed by atoms with Crippen molar-refractivity contribution in [2.75, 3.05) is 20.1 Å². The van der Waals surface area contributed by atoms with Gasteiger partial charge in [0.2, 0.25) is 0 Å². The van der Waals surface area contributed by atoms with Gasteiger partial charge in [0.05, 0.1) is 0 Å². The average Bonchev–Trinajstić information content (AvgIpc) is 2.42. The first kappa shape index (κ1) is 27.3. The number of hydrogen-bond donors (Lipinski definition) is 0. The minimum Gasteiger partial charge on any atom is -0.307 e. The van der Waals surface area contributed by atoms with E-state index in [4.69, 9.17) is 0 Å². The van der Waals surface area contributed by atoms with E-state index < -0.39 is 0 Å². The Hall–Kier alpha value is -0.0400. The summed E-state index contributed by atoms with van der Waals surface area (Å²) < 4.78 is 0. The van der Waals surface area contributed by atoms with E-state index in [0.29, 0.717) is 0 Å². The molecule has 0 saturated heterocycles. The minimum absolute atomic E-state index is 1.19. The van der Waals surface area contributed by atoms with E-state index in [1.54, 1.807) is 0 Å². The summed E-state index contributed by atoms with van der Waals surface area (Å²) in [7, 11) is 2.19. The number of hydrogen-bond acceptors (Lipinski definition) is 1. The molecule has 0 aromatic carbocycles. The Kier molecular flexibility index (Phi) is 51.9. The fourth-order valence-electron chi connectivity index (χ4n) is 1.14. The Bertz CT molecular complexity index is 89.7. The zero-order chi connectivity index (χ0) is 15.9. The highest BCUT2D eigenvalue weighted by Crippen LogP contribution is 2.02. The summed E-state index contributed by atoms with van der Waals surface area (Å²) in [6.07, 6.45) is 9.48. The molecule has 19 heavy (non-hydrogen) atoms. The first-order valence-corrected chi connectivity index (χ1v) is 8.82. The zero-order valence-electron chi connectivity index (χ0n) is 15.8. The van der Waals surface area contributed by atoms with Crippen LogP contribution in [-0.4, -0.2) is 25.0 Å². The lowest BCUT2D eigenvalue weighted by molar-refractivity contribution is 0.341. The van der Waals surface area contributed by atoms with Crippen LogP contribution >= 0.6 is 0 Å². The highest BCUT2D eigenvalue weighted by molar-refractivity contribution is 4.48. The molecule has 0 saturated carbocycles. The van der Waals surface area contributed by atoms with Gasteiger partial charge < -0.3 is 4.90 Å². The van der Waals surface area contributed by atoms with Crippen molar-refractivity contribution >= 4 is 0 Å². The van der Waals surface area contributed by atoms with Gasteiger partial charge in [0.15, 0.2) is 0 Å². The van der Waals surface area contributed by atoms with Gasteiger partial charge >= 0.3 is 0 Å². The van der Waals surface area contributed by atoms with Gasteiger partial charge in [-0.3, -0.25) is 0 Å². The molecule has 0 spiro atoms. The molecule has 0 rings (SSSR count). The van der Waals surface area contributed by atoms with Gasteiger partial charge in [-0.15, -0.1) is 0 Å². The molecule has 0 radical (unpaired) electrons. The van der Waals surface area contributed by atoms with Crippen molar-refractivity contribution in [2.45, 2.75) is 100 Å². The molecule has 122 valence electrons. The normalized spacial score (nSPS) is 8.53. The van der Waals surface area contributed by atoms with Crippen LogP contribution in [0.2, 0.25) is 0 Å². The summed E-state index contributed by atoms with van der Waals surface area (Å²) in [6.45, 7) is 19.4. The second kappa shape index (κ2) is 36.1. The molecule has 1 heteroatoms. The van der Waals surface area contributed by atoms with E-state index in [9.17, 15) is 0 Å². The molecular formula is C18H45N. The van der Waals surface area contributed by atoms with Crippen molar-refractivity contribution < 1.29 is 0 Å². The van der Waals surface area contributed by atoms with E-state index in [1.165, 1.54) is 58.0 Å². The monoisotopic (exact) mass is 275 g/mol. The molecule has 0 atom stereocenters. The summed E-state index contributed by atoms with van der Waals surface area (Å²) in [5.41, 5.74) is 0. The van der Waals surface area contributed by atoms with Crippen LogP contribution in [0.3, 0.4) is 0 Å². The van der Waals surface area contributed by atoms with E-state index >= 15 is 0 Å². The smallest absolute Gasteiger partial charge is 0.00219 e. The van der Waals surface area contributed by atoms with Crippen molar-refractivity contribution in [3.63, 3.8) is 0 Å². The second-order valence-electron chi connectivity index (χ2n) is 4.72. The summed E-state index contributed by atoms with van der Waals surface area (Å²) in [6, 6.07) is 0. The van der Waals surface area contributed by atoms with Crippen molar-refractivity contribution in [3.05, 3.63) is 0 Å². The Labute approximate surface area is 126 Å². The summed E-state index contributed by atoms with van der Waals surface area (Å²) >= 11 is 0. The topological polar surface area (TPSA) is 3.24 Å². The van der Waals surface area contributed by atoms with Crippen LogP contribution in [0.25, 0.3) is 0 Å². The molecule has 0 aliphatic heterocycles. The molecule has 0 amide bonds. The fourth-order valence-corrected chi connectivity index (χ4v) is 1.14. The van der Waals surface area contributed by atoms with Gasteiger partial charge in [0.1, 0.15) is 0 Å². The van der Waals surface area contributed by atoms with Gasteiger partial charge in [-0.25, -0.2) is 0 Å². The van der Waals surface area contributed by atoms with Crippen LogP contribution in [0.5, 0.6) is 0 Å². The Morgan fingerprint density at radius 1 is 0.632 bits per heavy atom. The Balaban J connectivity index is -0.000000117. The van der Waals surface area contributed by atoms with Crippen LogP contribution in [0.4, 0.5) is 0 Å². The van der Waals surface area contributed by atoms with E-state index in [1.807, 2.05) is 13.8 Å². The van der Waals surface area contributed by atoms with Crippen molar-refractivity contribution in [3.8, 4) is 0 Å². The summed E-state index contributed by atoms with van der Waals surface area (Å²) in [4.78, 5) is 2.38. The quantitative estimate of drug-likeness (QED) is 0.463. The number of nitrogens with zero attached hydrogens (tertiary/aromatic N) is 1. The van der Waals surface area contributed by atoms with Crippen LogP contribution < -0.4 is 0 Å². The number of unbranched alkanes of at least 4 members (excludes halogenated alkanes) is 4. The molecule has 0 heterocycles. The molecule has 0 aliphatic rings. The predicted molar refractivity (Wildman–Crippen MR) is 95.2 cm³/mol. The Morgan fingerprint density at radius 2 is 1.00 bits per heavy atom. The third-order valence-electron chi connectivity index (χ3n) is 2.18. The summed E-state index contributed by atoms with van der Waals surface area (Å²) in [5.74, 6) is 0. The first-order valence-electron chi connectivity index (χ1n) is 8.82. The molecule has 1 nitrogen and oxygen atoms in total. The maximum Gasteiger partial charge on any atom is -0.00219 e. The third-order valence-corrected chi connectivity index (χ3v) is 2.18. The minimum atomic E-state index is 1.19. The fraction of sp³-hybridized carbons (Fsp3) is 1.00. The van der Waals surface area contributed by atoms with Crippen LogP contribution in [-0.2, 0) is 0 Å². The highest BCUT2D eigenvalue weighted by Gasteiger charge is 1.93. The molecule has 0 unspecified atom stereocenters. The van der Waals surface area contributed by atoms with E-state index in [0.717, 1.165) is 0 Å². The van der Waals surface area contributed by atoms with Gasteiger partial charge in [0.25, 0.3) is 0 Å². The molecule has 0 N–H and O–H groups in total. The third kappa shape index (κ3) is 57.0. The highest BCUT2D eigenvalue weighted by atomic mass is 15.1. The molecular weight excluding hydrogens is 230 g/mol. The van der Waals surface area contributed by atoms with E-state index in [2.05, 4.69) is 53.5 Å². The van der Waals surface area contributed by atoms with Gasteiger partial charge in [-0.2, -0.15) is 0 Å². The van der Waals surface area contributed by atoms with Crippen LogP contribution in [0.1, 0.15) is 100 Å². The van der Waals surface area contributed by atoms with Crippen LogP contribution in [0.15, 0.2) is 0 Å². The lowest BCUT2D eigenvalue weighted by Crippen LogP contribution is -2.18.